The maximum atomic E-state index is 14.0. The number of rotatable bonds is 16. The molecule has 4 aromatic rings. The number of nitrogens with zero attached hydrogens (tertiary/aromatic N) is 1. The molecule has 6 N–H and O–H groups in total. The lowest BCUT2D eigenvalue weighted by Crippen LogP contribution is -2.57. The summed E-state index contributed by atoms with van der Waals surface area (Å²) in [5.74, 6) is -2.45. The molecule has 1 heterocycles. The topological polar surface area (TPSA) is 183 Å². The molecule has 0 aliphatic rings. The molecule has 47 heavy (non-hydrogen) atoms. The lowest BCUT2D eigenvalue weighted by molar-refractivity contribution is -0.140. The Bertz CT molecular complexity index is 1620. The van der Waals surface area contributed by atoms with Crippen LogP contribution in [0.15, 0.2) is 85.3 Å². The molecule has 0 bridgehead atoms. The molecule has 0 saturated carbocycles. The number of aromatic amines is 1. The van der Waals surface area contributed by atoms with E-state index in [0.29, 0.717) is 12.1 Å². The molecule has 12 nitrogen and oxygen atoms in total. The minimum atomic E-state index is -1.35. The van der Waals surface area contributed by atoms with Crippen molar-refractivity contribution in [1.82, 2.24) is 25.9 Å². The highest BCUT2D eigenvalue weighted by molar-refractivity contribution is 5.93. The number of carboxylic acid groups (broad SMARTS) is 1. The van der Waals surface area contributed by atoms with Gasteiger partial charge in [0, 0.05) is 19.0 Å². The average Bonchev–Trinajstić information content (AvgIpc) is 3.56. The molecule has 4 rings (SSSR count). The molecule has 2 unspecified atom stereocenters. The van der Waals surface area contributed by atoms with Crippen LogP contribution in [0.2, 0.25) is 0 Å². The van der Waals surface area contributed by atoms with Gasteiger partial charge in [-0.05, 0) is 34.2 Å². The van der Waals surface area contributed by atoms with Crippen molar-refractivity contribution >= 4 is 34.6 Å². The number of fused-ring (bicyclic) bond motifs is 1. The number of aromatic nitrogens is 2. The molecule has 3 aromatic carbocycles. The van der Waals surface area contributed by atoms with E-state index >= 15 is 0 Å². The van der Waals surface area contributed by atoms with Gasteiger partial charge in [-0.3, -0.25) is 14.4 Å². The highest BCUT2D eigenvalue weighted by atomic mass is 16.5. The number of hydrogen-bond acceptors (Lipinski definition) is 7. The molecule has 4 atom stereocenters. The predicted octanol–water partition coefficient (Wildman–Crippen LogP) is 3.49. The molecule has 12 heteroatoms. The number of carbonyl (C=O) groups excluding carboxylic acids is 3. The SMILES string of the molecule is CC(C)CC(NC(=O)[C@@H](Cc1c[nH]cn1)NC(=O)[C@@H](Cc1cccc2ccccc12)NC(=O)OCc1ccccc1)C(O)CC(=O)O. The summed E-state index contributed by atoms with van der Waals surface area (Å²) in [7, 11) is 0. The summed E-state index contributed by atoms with van der Waals surface area (Å²) in [5, 5.41) is 29.9. The number of aliphatic carboxylic acids is 1. The minimum Gasteiger partial charge on any atom is -0.481 e. The van der Waals surface area contributed by atoms with Crippen LogP contribution >= 0.6 is 0 Å². The number of carbonyl (C=O) groups is 4. The van der Waals surface area contributed by atoms with E-state index in [0.717, 1.165) is 21.9 Å². The first-order valence-corrected chi connectivity index (χ1v) is 15.5. The first-order valence-electron chi connectivity index (χ1n) is 15.5. The van der Waals surface area contributed by atoms with Gasteiger partial charge in [-0.15, -0.1) is 0 Å². The average molecular weight is 644 g/mol. The van der Waals surface area contributed by atoms with Crippen molar-refractivity contribution in [2.75, 3.05) is 0 Å². The second kappa shape index (κ2) is 16.9. The highest BCUT2D eigenvalue weighted by Crippen LogP contribution is 2.20. The molecular weight excluding hydrogens is 602 g/mol. The number of amides is 3. The Balaban J connectivity index is 1.58. The number of hydrogen-bond donors (Lipinski definition) is 6. The van der Waals surface area contributed by atoms with Gasteiger partial charge in [-0.1, -0.05) is 86.6 Å². The number of aliphatic hydroxyl groups is 1. The zero-order valence-electron chi connectivity index (χ0n) is 26.4. The largest absolute Gasteiger partial charge is 0.481 e. The van der Waals surface area contributed by atoms with Gasteiger partial charge in [0.15, 0.2) is 0 Å². The summed E-state index contributed by atoms with van der Waals surface area (Å²) in [5.41, 5.74) is 2.06. The summed E-state index contributed by atoms with van der Waals surface area (Å²) in [6.45, 7) is 3.77. The molecule has 3 amide bonds. The van der Waals surface area contributed by atoms with Crippen LogP contribution in [0.1, 0.15) is 43.5 Å². The zero-order chi connectivity index (χ0) is 33.8. The lowest BCUT2D eigenvalue weighted by atomic mass is 9.96. The number of aliphatic hydroxyl groups excluding tert-OH is 1. The summed E-state index contributed by atoms with van der Waals surface area (Å²) >= 11 is 0. The van der Waals surface area contributed by atoms with Gasteiger partial charge >= 0.3 is 12.1 Å². The summed E-state index contributed by atoms with van der Waals surface area (Å²) in [6.07, 6.45) is 0.707. The third-order valence-corrected chi connectivity index (χ3v) is 7.63. The summed E-state index contributed by atoms with van der Waals surface area (Å²) in [6, 6.07) is 19.3. The van der Waals surface area contributed by atoms with E-state index in [1.807, 2.05) is 86.6 Å². The van der Waals surface area contributed by atoms with Crippen molar-refractivity contribution in [2.45, 2.75) is 70.4 Å². The van der Waals surface area contributed by atoms with E-state index in [1.165, 1.54) is 6.33 Å². The summed E-state index contributed by atoms with van der Waals surface area (Å²) in [4.78, 5) is 59.0. The highest BCUT2D eigenvalue weighted by Gasteiger charge is 2.32. The first kappa shape index (κ1) is 34.6. The first-order chi connectivity index (χ1) is 22.6. The van der Waals surface area contributed by atoms with Crippen LogP contribution in [0.4, 0.5) is 4.79 Å². The van der Waals surface area contributed by atoms with Crippen molar-refractivity contribution in [1.29, 1.82) is 0 Å². The number of imidazole rings is 1. The molecule has 0 saturated heterocycles. The second-order valence-corrected chi connectivity index (χ2v) is 11.8. The smallest absolute Gasteiger partial charge is 0.408 e. The number of H-pyrrole nitrogens is 1. The number of ether oxygens (including phenoxy) is 1. The molecule has 0 aliphatic heterocycles. The van der Waals surface area contributed by atoms with Crippen molar-refractivity contribution in [3.05, 3.63) is 102 Å². The van der Waals surface area contributed by atoms with Gasteiger partial charge in [0.1, 0.15) is 18.7 Å². The Labute approximate surface area is 272 Å². The van der Waals surface area contributed by atoms with Crippen molar-refractivity contribution < 1.29 is 34.1 Å². The van der Waals surface area contributed by atoms with Crippen LogP contribution in [0.3, 0.4) is 0 Å². The van der Waals surface area contributed by atoms with Crippen LogP contribution in [0.5, 0.6) is 0 Å². The van der Waals surface area contributed by atoms with E-state index in [1.54, 1.807) is 6.20 Å². The summed E-state index contributed by atoms with van der Waals surface area (Å²) < 4.78 is 5.42. The van der Waals surface area contributed by atoms with Crippen LogP contribution in [-0.2, 0) is 38.6 Å². The third kappa shape index (κ3) is 10.7. The van der Waals surface area contributed by atoms with Gasteiger partial charge in [0.05, 0.1) is 30.6 Å². The molecular formula is C35H41N5O7. The number of carboxylic acids is 1. The van der Waals surface area contributed by atoms with Gasteiger partial charge < -0.3 is 35.9 Å². The fourth-order valence-corrected chi connectivity index (χ4v) is 5.32. The van der Waals surface area contributed by atoms with Gasteiger partial charge in [0.2, 0.25) is 11.8 Å². The van der Waals surface area contributed by atoms with Crippen LogP contribution in [0.25, 0.3) is 10.8 Å². The molecule has 248 valence electrons. The van der Waals surface area contributed by atoms with Crippen LogP contribution in [-0.4, -0.2) is 68.3 Å². The molecule has 0 radical (unpaired) electrons. The normalized spacial score (nSPS) is 13.7. The Hall–Kier alpha value is -5.23. The lowest BCUT2D eigenvalue weighted by Gasteiger charge is -2.28. The zero-order valence-corrected chi connectivity index (χ0v) is 26.4. The van der Waals surface area contributed by atoms with Gasteiger partial charge in [-0.2, -0.15) is 0 Å². The molecule has 1 aromatic heterocycles. The Morgan fingerprint density at radius 3 is 2.23 bits per heavy atom. The Morgan fingerprint density at radius 2 is 1.53 bits per heavy atom. The van der Waals surface area contributed by atoms with Crippen LogP contribution in [0, 0.1) is 5.92 Å². The predicted molar refractivity (Wildman–Crippen MR) is 175 cm³/mol. The van der Waals surface area contributed by atoms with Crippen molar-refractivity contribution in [2.24, 2.45) is 5.92 Å². The Kier molecular flexibility index (Phi) is 12.5. The molecule has 0 spiro atoms. The van der Waals surface area contributed by atoms with E-state index < -0.39 is 54.5 Å². The number of nitrogens with one attached hydrogen (secondary N) is 4. The van der Waals surface area contributed by atoms with Crippen molar-refractivity contribution in [3.63, 3.8) is 0 Å². The molecule has 0 aliphatic carbocycles. The van der Waals surface area contributed by atoms with Gasteiger partial charge in [0.25, 0.3) is 0 Å². The minimum absolute atomic E-state index is 0.00458. The van der Waals surface area contributed by atoms with Gasteiger partial charge in [-0.25, -0.2) is 9.78 Å². The van der Waals surface area contributed by atoms with Crippen LogP contribution < -0.4 is 16.0 Å². The van der Waals surface area contributed by atoms with E-state index in [-0.39, 0.29) is 25.4 Å². The maximum absolute atomic E-state index is 14.0. The third-order valence-electron chi connectivity index (χ3n) is 7.63. The fraction of sp³-hybridized carbons (Fsp3) is 0.343. The van der Waals surface area contributed by atoms with E-state index in [2.05, 4.69) is 25.9 Å². The second-order valence-electron chi connectivity index (χ2n) is 11.8. The fourth-order valence-electron chi connectivity index (χ4n) is 5.32. The Morgan fingerprint density at radius 1 is 0.851 bits per heavy atom. The van der Waals surface area contributed by atoms with E-state index in [9.17, 15) is 29.4 Å². The number of benzene rings is 3. The standard InChI is InChI=1S/C35H41N5O7/c1-22(2)15-28(31(41)18-32(42)43)38-34(45)30(17-26-19-36-21-37-26)39-33(44)29(40-35(46)47-20-23-9-4-3-5-10-23)16-25-13-8-12-24-11-6-7-14-27(24)25/h3-14,19,21-22,28-31,41H,15-18,20H2,1-2H3,(H,36,37)(H,38,45)(H,39,44)(H,40,46)(H,42,43)/t28?,29-,30-,31?/m1/s1. The van der Waals surface area contributed by atoms with Crippen molar-refractivity contribution in [3.8, 4) is 0 Å². The maximum Gasteiger partial charge on any atom is 0.408 e. The molecule has 0 fully saturated rings. The quantitative estimate of drug-likeness (QED) is 0.107. The van der Waals surface area contributed by atoms with E-state index in [4.69, 9.17) is 4.74 Å². The monoisotopic (exact) mass is 643 g/mol. The number of alkyl carbamates (subject to hydrolysis) is 1.